The molecule has 168 valence electrons. The summed E-state index contributed by atoms with van der Waals surface area (Å²) in [5.74, 6) is -0.936. The summed E-state index contributed by atoms with van der Waals surface area (Å²) in [6.07, 6.45) is -1.13. The number of amides is 2. The molecule has 31 heavy (non-hydrogen) atoms. The number of carbonyl (C=O) groups excluding carboxylic acids is 3. The van der Waals surface area contributed by atoms with E-state index in [0.29, 0.717) is 42.1 Å². The fourth-order valence-corrected chi connectivity index (χ4v) is 3.40. The smallest absolute Gasteiger partial charge is 0.339 e. The number of nitrogens with one attached hydrogen (secondary N) is 1. The molecule has 0 aliphatic rings. The number of nitrogens with two attached hydrogens (primary N) is 1. The molecule has 1 heterocycles. The predicted molar refractivity (Wildman–Crippen MR) is 116 cm³/mol. The lowest BCUT2D eigenvalue weighted by molar-refractivity contribution is -0.123. The summed E-state index contributed by atoms with van der Waals surface area (Å²) < 4.78 is 22.1. The van der Waals surface area contributed by atoms with Crippen LogP contribution in [0.25, 0.3) is 0 Å². The third-order valence-electron chi connectivity index (χ3n) is 3.97. The minimum absolute atomic E-state index is 0.143. The van der Waals surface area contributed by atoms with E-state index in [1.807, 2.05) is 6.92 Å². The van der Waals surface area contributed by atoms with Crippen molar-refractivity contribution in [2.75, 3.05) is 25.1 Å². The highest BCUT2D eigenvalue weighted by molar-refractivity contribution is 7.14. The number of rotatable bonds is 11. The molecule has 2 aromatic rings. The van der Waals surface area contributed by atoms with Gasteiger partial charge in [0.25, 0.3) is 11.8 Å². The third-order valence-corrected chi connectivity index (χ3v) is 4.80. The van der Waals surface area contributed by atoms with Gasteiger partial charge in [0.1, 0.15) is 5.00 Å². The maximum Gasteiger partial charge on any atom is 0.339 e. The van der Waals surface area contributed by atoms with E-state index in [1.54, 1.807) is 19.2 Å². The van der Waals surface area contributed by atoms with E-state index in [4.69, 9.17) is 24.7 Å². The Morgan fingerprint density at radius 1 is 1.03 bits per heavy atom. The normalized spacial score (nSPS) is 11.4. The van der Waals surface area contributed by atoms with Crippen molar-refractivity contribution >= 4 is 34.1 Å². The summed E-state index contributed by atoms with van der Waals surface area (Å²) in [5.41, 5.74) is 5.60. The van der Waals surface area contributed by atoms with Crippen molar-refractivity contribution in [1.29, 1.82) is 0 Å². The van der Waals surface area contributed by atoms with Gasteiger partial charge in [0, 0.05) is 0 Å². The van der Waals surface area contributed by atoms with Crippen molar-refractivity contribution in [2.24, 2.45) is 5.73 Å². The quantitative estimate of drug-likeness (QED) is 0.503. The molecule has 10 heteroatoms. The lowest BCUT2D eigenvalue weighted by atomic mass is 10.1. The SMILES string of the molecule is CCOc1cc(C(=O)OC(C)C(=O)Nc2sccc2C(N)=O)cc(OCC)c1OCC. The molecule has 1 unspecified atom stereocenters. The van der Waals surface area contributed by atoms with Crippen molar-refractivity contribution in [1.82, 2.24) is 0 Å². The van der Waals surface area contributed by atoms with E-state index >= 15 is 0 Å². The topological polar surface area (TPSA) is 126 Å². The van der Waals surface area contributed by atoms with Gasteiger partial charge in [-0.3, -0.25) is 9.59 Å². The maximum atomic E-state index is 12.7. The van der Waals surface area contributed by atoms with Crippen LogP contribution in [0.3, 0.4) is 0 Å². The number of esters is 1. The highest BCUT2D eigenvalue weighted by atomic mass is 32.1. The monoisotopic (exact) mass is 450 g/mol. The number of anilines is 1. The Kier molecular flexibility index (Phi) is 8.68. The lowest BCUT2D eigenvalue weighted by Gasteiger charge is -2.18. The molecule has 0 radical (unpaired) electrons. The van der Waals surface area contributed by atoms with Crippen molar-refractivity contribution < 1.29 is 33.3 Å². The van der Waals surface area contributed by atoms with E-state index in [1.165, 1.54) is 25.1 Å². The maximum absolute atomic E-state index is 12.7. The van der Waals surface area contributed by atoms with Gasteiger partial charge in [-0.15, -0.1) is 11.3 Å². The molecule has 1 aromatic heterocycles. The van der Waals surface area contributed by atoms with E-state index in [2.05, 4.69) is 5.32 Å². The van der Waals surface area contributed by atoms with Gasteiger partial charge in [0.05, 0.1) is 30.9 Å². The van der Waals surface area contributed by atoms with Crippen molar-refractivity contribution in [3.8, 4) is 17.2 Å². The summed E-state index contributed by atoms with van der Waals surface area (Å²) in [4.78, 5) is 36.5. The molecule has 0 saturated carbocycles. The Labute approximate surface area is 184 Å². The van der Waals surface area contributed by atoms with Gasteiger partial charge in [-0.2, -0.15) is 0 Å². The minimum atomic E-state index is -1.13. The second-order valence-corrected chi connectivity index (χ2v) is 7.08. The second-order valence-electron chi connectivity index (χ2n) is 6.17. The molecule has 0 spiro atoms. The molecule has 2 rings (SSSR count). The molecule has 0 saturated heterocycles. The fourth-order valence-electron chi connectivity index (χ4n) is 2.60. The Balaban J connectivity index is 2.20. The van der Waals surface area contributed by atoms with E-state index < -0.39 is 23.9 Å². The zero-order valence-electron chi connectivity index (χ0n) is 17.9. The summed E-state index contributed by atoms with van der Waals surface area (Å²) in [5, 5.41) is 4.46. The average Bonchev–Trinajstić information content (AvgIpc) is 3.18. The Morgan fingerprint density at radius 3 is 2.13 bits per heavy atom. The number of hydrogen-bond acceptors (Lipinski definition) is 8. The first-order valence-electron chi connectivity index (χ1n) is 9.77. The molecule has 1 aromatic carbocycles. The summed E-state index contributed by atoms with van der Waals surface area (Å²) in [7, 11) is 0. The van der Waals surface area contributed by atoms with Gasteiger partial charge >= 0.3 is 5.97 Å². The van der Waals surface area contributed by atoms with Gasteiger partial charge in [0.15, 0.2) is 17.6 Å². The zero-order chi connectivity index (χ0) is 23.0. The zero-order valence-corrected chi connectivity index (χ0v) is 18.7. The van der Waals surface area contributed by atoms with E-state index in [9.17, 15) is 14.4 Å². The molecule has 0 fully saturated rings. The first kappa shape index (κ1) is 24.0. The first-order chi connectivity index (χ1) is 14.8. The van der Waals surface area contributed by atoms with Crippen LogP contribution in [0.5, 0.6) is 17.2 Å². The molecule has 9 nitrogen and oxygen atoms in total. The van der Waals surface area contributed by atoms with Crippen LogP contribution in [0.1, 0.15) is 48.4 Å². The molecule has 0 bridgehead atoms. The first-order valence-corrected chi connectivity index (χ1v) is 10.7. The van der Waals surface area contributed by atoms with Crippen molar-refractivity contribution in [2.45, 2.75) is 33.8 Å². The van der Waals surface area contributed by atoms with Crippen LogP contribution in [0.2, 0.25) is 0 Å². The van der Waals surface area contributed by atoms with Crippen LogP contribution in [0.4, 0.5) is 5.00 Å². The molecule has 1 atom stereocenters. The Hall–Kier alpha value is -3.27. The van der Waals surface area contributed by atoms with Gasteiger partial charge < -0.3 is 30.0 Å². The van der Waals surface area contributed by atoms with Crippen LogP contribution < -0.4 is 25.3 Å². The molecule has 0 aliphatic carbocycles. The largest absolute Gasteiger partial charge is 0.490 e. The van der Waals surface area contributed by atoms with Gasteiger partial charge in [0.2, 0.25) is 5.75 Å². The molecule has 3 N–H and O–H groups in total. The minimum Gasteiger partial charge on any atom is -0.490 e. The molecule has 0 aliphatic heterocycles. The number of hydrogen-bond donors (Lipinski definition) is 2. The summed E-state index contributed by atoms with van der Waals surface area (Å²) >= 11 is 1.14. The summed E-state index contributed by atoms with van der Waals surface area (Å²) in [6, 6.07) is 4.46. The summed E-state index contributed by atoms with van der Waals surface area (Å²) in [6.45, 7) is 7.95. The number of ether oxygens (including phenoxy) is 4. The second kappa shape index (κ2) is 11.2. The highest BCUT2D eigenvalue weighted by Crippen LogP contribution is 2.39. The molecular formula is C21H26N2O7S. The van der Waals surface area contributed by atoms with Gasteiger partial charge in [-0.25, -0.2) is 4.79 Å². The van der Waals surface area contributed by atoms with E-state index in [-0.39, 0.29) is 11.1 Å². The number of benzene rings is 1. The van der Waals surface area contributed by atoms with Crippen molar-refractivity contribution in [3.05, 3.63) is 34.7 Å². The Bertz CT molecular complexity index is 915. The van der Waals surface area contributed by atoms with Crippen molar-refractivity contribution in [3.63, 3.8) is 0 Å². The van der Waals surface area contributed by atoms with E-state index in [0.717, 1.165) is 11.3 Å². The number of carbonyl (C=O) groups is 3. The number of primary amides is 1. The van der Waals surface area contributed by atoms with Crippen LogP contribution >= 0.6 is 11.3 Å². The van der Waals surface area contributed by atoms with Crippen LogP contribution in [0.15, 0.2) is 23.6 Å². The molecular weight excluding hydrogens is 424 g/mol. The highest BCUT2D eigenvalue weighted by Gasteiger charge is 2.24. The average molecular weight is 451 g/mol. The standard InChI is InChI=1S/C21H26N2O7S/c1-5-27-15-10-13(11-16(28-6-2)17(15)29-7-3)21(26)30-12(4)19(25)23-20-14(18(22)24)8-9-31-20/h8-12H,5-7H2,1-4H3,(H2,22,24)(H,23,25). The van der Waals surface area contributed by atoms with Gasteiger partial charge in [-0.1, -0.05) is 0 Å². The van der Waals surface area contributed by atoms with Crippen LogP contribution in [0, 0.1) is 0 Å². The molecule has 2 amide bonds. The van der Waals surface area contributed by atoms with Gasteiger partial charge in [-0.05, 0) is 51.3 Å². The number of thiophene rings is 1. The predicted octanol–water partition coefficient (Wildman–Crippen LogP) is 3.23. The van der Waals surface area contributed by atoms with Crippen LogP contribution in [-0.4, -0.2) is 43.7 Å². The third kappa shape index (κ3) is 6.11. The lowest BCUT2D eigenvalue weighted by Crippen LogP contribution is -2.30. The fraction of sp³-hybridized carbons (Fsp3) is 0.381. The Morgan fingerprint density at radius 2 is 1.61 bits per heavy atom. The van der Waals surface area contributed by atoms with Crippen LogP contribution in [-0.2, 0) is 9.53 Å².